The minimum atomic E-state index is -4.19. The predicted molar refractivity (Wildman–Crippen MR) is 189 cm³/mol. The molecule has 1 amide bonds. The van der Waals surface area contributed by atoms with Gasteiger partial charge >= 0.3 is 0 Å². The highest BCUT2D eigenvalue weighted by Gasteiger charge is 2.49. The van der Waals surface area contributed by atoms with Crippen molar-refractivity contribution in [1.29, 1.82) is 0 Å². The van der Waals surface area contributed by atoms with Gasteiger partial charge in [-0.1, -0.05) is 92.0 Å². The zero-order valence-electron chi connectivity index (χ0n) is 28.6. The maximum atomic E-state index is 14.4. The van der Waals surface area contributed by atoms with Crippen LogP contribution < -0.4 is 9.04 Å². The van der Waals surface area contributed by atoms with Crippen molar-refractivity contribution in [2.75, 3.05) is 18.1 Å². The monoisotopic (exact) mass is 684 g/mol. The molecule has 1 aromatic heterocycles. The first-order valence-electron chi connectivity index (χ1n) is 16.9. The first-order valence-corrected chi connectivity index (χ1v) is 18.4. The molecular weight excluding hydrogens is 641 g/mol. The highest BCUT2D eigenvalue weighted by atomic mass is 32.2. The van der Waals surface area contributed by atoms with Gasteiger partial charge in [0, 0.05) is 30.2 Å². The zero-order chi connectivity index (χ0) is 34.6. The maximum Gasteiger partial charge on any atom is 0.268 e. The lowest BCUT2D eigenvalue weighted by atomic mass is 9.98. The molecule has 1 spiro atoms. The highest BCUT2D eigenvalue weighted by Crippen LogP contribution is 2.42. The number of rotatable bonds is 14. The van der Waals surface area contributed by atoms with Crippen LogP contribution in [0.5, 0.6) is 5.75 Å². The minimum Gasteiger partial charge on any atom is -0.488 e. The van der Waals surface area contributed by atoms with Crippen LogP contribution in [-0.2, 0) is 32.7 Å². The molecule has 0 radical (unpaired) electrons. The van der Waals surface area contributed by atoms with E-state index in [-0.39, 0.29) is 30.0 Å². The van der Waals surface area contributed by atoms with Gasteiger partial charge in [-0.15, -0.1) is 0 Å². The van der Waals surface area contributed by atoms with Crippen molar-refractivity contribution in [1.82, 2.24) is 10.1 Å². The van der Waals surface area contributed by atoms with Gasteiger partial charge in [-0.2, -0.15) is 0 Å². The number of unbranched alkanes of at least 4 members (excludes halogenated alkanes) is 1. The number of carbonyl (C=O) groups excluding carboxylic acids is 1. The molecule has 6 rings (SSSR count). The molecule has 0 bridgehead atoms. The molecule has 49 heavy (non-hydrogen) atoms. The summed E-state index contributed by atoms with van der Waals surface area (Å²) >= 11 is 0. The summed E-state index contributed by atoms with van der Waals surface area (Å²) in [4.78, 5) is 20.9. The summed E-state index contributed by atoms with van der Waals surface area (Å²) in [6.45, 7) is 6.01. The van der Waals surface area contributed by atoms with Crippen molar-refractivity contribution < 1.29 is 27.2 Å². The lowest BCUT2D eigenvalue weighted by molar-refractivity contribution is -0.131. The molecule has 3 aromatic carbocycles. The molecule has 10 nitrogen and oxygen atoms in total. The Labute approximate surface area is 288 Å². The van der Waals surface area contributed by atoms with Crippen molar-refractivity contribution in [3.8, 4) is 16.9 Å². The smallest absolute Gasteiger partial charge is 0.268 e. The zero-order valence-corrected chi connectivity index (χ0v) is 29.5. The predicted octanol–water partition coefficient (Wildman–Crippen LogP) is 7.58. The molecule has 0 unspecified atom stereocenters. The first-order chi connectivity index (χ1) is 23.7. The molecule has 1 aliphatic heterocycles. The molecule has 0 atom stereocenters. The van der Waals surface area contributed by atoms with Crippen LogP contribution in [0.25, 0.3) is 11.1 Å². The van der Waals surface area contributed by atoms with E-state index in [0.717, 1.165) is 66.2 Å². The average Bonchev–Trinajstić information content (AvgIpc) is 3.80. The van der Waals surface area contributed by atoms with Gasteiger partial charge in [0.2, 0.25) is 0 Å². The number of ether oxygens (including phenoxy) is 2. The van der Waals surface area contributed by atoms with E-state index in [1.54, 1.807) is 38.1 Å². The van der Waals surface area contributed by atoms with Crippen molar-refractivity contribution in [2.24, 2.45) is 4.99 Å². The second-order valence-electron chi connectivity index (χ2n) is 12.8. The third kappa shape index (κ3) is 6.87. The third-order valence-corrected chi connectivity index (χ3v) is 11.2. The second kappa shape index (κ2) is 14.6. The van der Waals surface area contributed by atoms with Crippen LogP contribution >= 0.6 is 0 Å². The van der Waals surface area contributed by atoms with Crippen LogP contribution in [0.1, 0.15) is 74.3 Å². The highest BCUT2D eigenvalue weighted by molar-refractivity contribution is 7.93. The maximum absolute atomic E-state index is 14.4. The topological polar surface area (TPSA) is 115 Å². The number of nitrogens with zero attached hydrogens (tertiary/aromatic N) is 4. The summed E-state index contributed by atoms with van der Waals surface area (Å²) < 4.78 is 47.1. The SMILES string of the molecule is CCCCC1=NC2(CCCC2)C(=O)N1Cc1ccc(-c2ccccc2S(=O)(=O)N(COC)c2noc(C)c2C)c(OCc2ccccc2)c1. The van der Waals surface area contributed by atoms with Crippen LogP contribution in [0.15, 0.2) is 87.2 Å². The summed E-state index contributed by atoms with van der Waals surface area (Å²) in [6.07, 6.45) is 6.34. The van der Waals surface area contributed by atoms with E-state index in [9.17, 15) is 13.2 Å². The lowest BCUT2D eigenvalue weighted by Gasteiger charge is -2.24. The molecule has 2 aliphatic rings. The number of hydrogen-bond acceptors (Lipinski definition) is 8. The van der Waals surface area contributed by atoms with Gasteiger partial charge < -0.3 is 14.0 Å². The van der Waals surface area contributed by atoms with Crippen molar-refractivity contribution in [2.45, 2.75) is 89.3 Å². The fourth-order valence-electron chi connectivity index (χ4n) is 6.66. The largest absolute Gasteiger partial charge is 0.488 e. The number of amides is 1. The van der Waals surface area contributed by atoms with Gasteiger partial charge in [0.1, 0.15) is 36.2 Å². The molecule has 258 valence electrons. The molecule has 11 heteroatoms. The molecular formula is C38H44N4O6S. The van der Waals surface area contributed by atoms with E-state index in [2.05, 4.69) is 12.1 Å². The number of aryl methyl sites for hydroxylation is 1. The Bertz CT molecular complexity index is 1930. The lowest BCUT2D eigenvalue weighted by Crippen LogP contribution is -2.40. The van der Waals surface area contributed by atoms with E-state index < -0.39 is 15.6 Å². The van der Waals surface area contributed by atoms with E-state index >= 15 is 0 Å². The molecule has 1 saturated carbocycles. The standard InChI is InChI=1S/C38H44N4O6S/c1-5-6-18-35-39-38(21-12-13-22-38)37(43)41(35)24-30-19-20-31(33(23-30)47-25-29-14-8-7-9-15-29)32-16-10-11-17-34(32)49(44,45)42(26-46-4)36-27(2)28(3)48-40-36/h7-11,14-17,19-20,23H,5-6,12-13,18,21-22,24-26H2,1-4H3. The number of methoxy groups -OCH3 is 1. The van der Waals surface area contributed by atoms with Gasteiger partial charge in [-0.05, 0) is 56.4 Å². The Morgan fingerprint density at radius 3 is 2.39 bits per heavy atom. The Morgan fingerprint density at radius 1 is 0.959 bits per heavy atom. The number of anilines is 1. The molecule has 1 aliphatic carbocycles. The van der Waals surface area contributed by atoms with E-state index in [0.29, 0.717) is 34.7 Å². The van der Waals surface area contributed by atoms with Crippen LogP contribution in [-0.4, -0.2) is 49.6 Å². The number of sulfonamides is 1. The van der Waals surface area contributed by atoms with Gasteiger partial charge in [-0.25, -0.2) is 12.7 Å². The Kier molecular flexibility index (Phi) is 10.2. The number of amidine groups is 1. The second-order valence-corrected chi connectivity index (χ2v) is 14.7. The van der Waals surface area contributed by atoms with Gasteiger partial charge in [0.05, 0.1) is 11.4 Å². The molecule has 4 aromatic rings. The quantitative estimate of drug-likeness (QED) is 0.126. The summed E-state index contributed by atoms with van der Waals surface area (Å²) in [5, 5.41) is 4.05. The summed E-state index contributed by atoms with van der Waals surface area (Å²) in [6, 6.07) is 22.4. The molecule has 2 heterocycles. The summed E-state index contributed by atoms with van der Waals surface area (Å²) in [5.74, 6) is 2.13. The Morgan fingerprint density at radius 2 is 1.69 bits per heavy atom. The fraction of sp³-hybridized carbons (Fsp3) is 0.395. The van der Waals surface area contributed by atoms with Gasteiger partial charge in [0.25, 0.3) is 15.9 Å². The van der Waals surface area contributed by atoms with Crippen LogP contribution in [0, 0.1) is 13.8 Å². The van der Waals surface area contributed by atoms with Gasteiger partial charge in [-0.3, -0.25) is 14.7 Å². The van der Waals surface area contributed by atoms with E-state index in [4.69, 9.17) is 19.0 Å². The number of aromatic nitrogens is 1. The Balaban J connectivity index is 1.40. The van der Waals surface area contributed by atoms with E-state index in [1.165, 1.54) is 7.11 Å². The number of hydrogen-bond donors (Lipinski definition) is 0. The van der Waals surface area contributed by atoms with Crippen molar-refractivity contribution >= 4 is 27.6 Å². The molecule has 1 fully saturated rings. The van der Waals surface area contributed by atoms with Crippen LogP contribution in [0.3, 0.4) is 0 Å². The number of aliphatic imine (C=N–C) groups is 1. The van der Waals surface area contributed by atoms with Crippen LogP contribution in [0.2, 0.25) is 0 Å². The average molecular weight is 685 g/mol. The fourth-order valence-corrected chi connectivity index (χ4v) is 8.24. The number of carbonyl (C=O) groups is 1. The minimum absolute atomic E-state index is 0.0660. The number of benzene rings is 3. The Hall–Kier alpha value is -4.48. The third-order valence-electron chi connectivity index (χ3n) is 9.47. The molecule has 0 saturated heterocycles. The van der Waals surface area contributed by atoms with E-state index in [1.807, 2.05) is 53.4 Å². The van der Waals surface area contributed by atoms with Crippen molar-refractivity contribution in [3.63, 3.8) is 0 Å². The summed E-state index contributed by atoms with van der Waals surface area (Å²) in [5.41, 5.74) is 2.88. The summed E-state index contributed by atoms with van der Waals surface area (Å²) in [7, 11) is -2.76. The first kappa shape index (κ1) is 34.4. The van der Waals surface area contributed by atoms with Crippen molar-refractivity contribution in [3.05, 3.63) is 95.2 Å². The normalized spacial score (nSPS) is 15.6. The van der Waals surface area contributed by atoms with Crippen LogP contribution in [0.4, 0.5) is 5.82 Å². The van der Waals surface area contributed by atoms with Gasteiger partial charge in [0.15, 0.2) is 5.82 Å². The molecule has 0 N–H and O–H groups in total.